The van der Waals surface area contributed by atoms with E-state index in [1.807, 2.05) is 71.8 Å². The van der Waals surface area contributed by atoms with Crippen LogP contribution in [0.3, 0.4) is 0 Å². The fourth-order valence-corrected chi connectivity index (χ4v) is 18.3. The van der Waals surface area contributed by atoms with Crippen molar-refractivity contribution in [3.05, 3.63) is 268 Å². The SMILES string of the molecule is C.COc1nccc(Sc2ncc(C)nc2N)c1Cl.Cc1cnc(Sc2cc(F)ncc2Cl)c(N)n1.Cc1cnc(Sc2cc(N)ncc2Cl)c(N)n1.Cc1cnc(Sc2cc[nH]c(=O)c2Cl)c(N)n1.Cc1cnc(Sc2cccc(Cl)c2Cl)c(N)n1.Cc1cnc(Sc2ccnc(N(C)C)c2Cl)c(N)n1.Cc1cnc(Sc2ccncc2C(F)(F)F)c(N)n1.Cc1cnc(Sc2ccnnc2Cl)c(N)n1. The zero-order valence-corrected chi connectivity index (χ0v) is 87.1. The van der Waals surface area contributed by atoms with Gasteiger partial charge in [0, 0.05) is 147 Å². The van der Waals surface area contributed by atoms with Gasteiger partial charge in [-0.3, -0.25) is 9.78 Å². The van der Waals surface area contributed by atoms with Gasteiger partial charge in [0.05, 0.1) is 94.4 Å². The number of aromatic nitrogens is 24. The number of aromatic amines is 1. The van der Waals surface area contributed by atoms with Gasteiger partial charge in [0.1, 0.15) is 61.9 Å². The Kier molecular flexibility index (Phi) is 44.7. The summed E-state index contributed by atoms with van der Waals surface area (Å²) in [4.78, 5) is 106. The van der Waals surface area contributed by atoms with Crippen molar-refractivity contribution in [3.63, 3.8) is 0 Å². The van der Waals surface area contributed by atoms with E-state index in [9.17, 15) is 22.4 Å². The summed E-state index contributed by atoms with van der Waals surface area (Å²) in [6.45, 7) is 14.5. The van der Waals surface area contributed by atoms with Gasteiger partial charge < -0.3 is 66.2 Å². The molecule has 0 unspecified atom stereocenters. The average Bonchev–Trinajstić information content (AvgIpc) is 0.818. The molecule has 0 fully saturated rings. The van der Waals surface area contributed by atoms with Crippen LogP contribution in [0.2, 0.25) is 40.3 Å². The summed E-state index contributed by atoms with van der Waals surface area (Å²) in [6, 6.07) is 16.6. The molecule has 0 atom stereocenters. The Balaban J connectivity index is 0.000000197. The first kappa shape index (κ1) is 115. The third kappa shape index (κ3) is 35.4. The van der Waals surface area contributed by atoms with Crippen molar-refractivity contribution in [2.75, 3.05) is 77.7 Å². The smallest absolute Gasteiger partial charge is 0.418 e. The minimum atomic E-state index is -4.47. The number of pyridine rings is 6. The summed E-state index contributed by atoms with van der Waals surface area (Å²) in [5.41, 5.74) is 56.4. The Bertz CT molecular complexity index is 6910. The molecule has 0 amide bonds. The minimum Gasteiger partial charge on any atom is -0.480 e. The number of nitrogens with two attached hydrogens (primary N) is 9. The van der Waals surface area contributed by atoms with Crippen molar-refractivity contribution in [2.24, 2.45) is 0 Å². The highest BCUT2D eigenvalue weighted by Gasteiger charge is 2.34. The molecule has 141 heavy (non-hydrogen) atoms. The number of hydrogen-bond donors (Lipinski definition) is 10. The topological polar surface area (TPSA) is 576 Å². The number of ether oxygens (including phenoxy) is 1. The number of H-pyrrole nitrogens is 1. The van der Waals surface area contributed by atoms with Crippen LogP contribution in [0.5, 0.6) is 5.88 Å². The molecule has 0 spiro atoms. The number of aryl methyl sites for hydroxylation is 8. The van der Waals surface area contributed by atoms with E-state index in [4.69, 9.17) is 149 Å². The number of alkyl halides is 3. The van der Waals surface area contributed by atoms with Crippen LogP contribution in [0.25, 0.3) is 0 Å². The first-order valence-electron chi connectivity index (χ1n) is 39.1. The standard InChI is InChI=1S/C12H14ClN5S.C11H9Cl2N3S.C11H11ClN4OS.C11H9F3N4S.C10H8ClFN4S.C10H10ClN5S.C10H9ClN4OS.C9H8ClN5S.CH4/c1-7-6-16-12(10(14)17-7)19-8-4-5-15-11(9(8)13)18(2)3;1-6-5-15-11(10(14)16-6)17-8-4-2-3-7(12)9(8)13;1-6-5-15-11(9(13)16-6)18-7-3-4-14-10(17-2)8(7)12;1-6-4-17-10(9(15)18-6)19-8-2-3-16-5-7(8)11(12,13)14;2*1-5-3-15-10(9(13)16-5)17-7-2-8(12)14-4-6(7)11;1-5-4-14-10(8(12)15-5)17-6-2-3-13-9(16)7(6)11;1-5-4-12-9(8(11)14-5)16-6-2-3-13-15-7(6)10;/h4-6H,1-3H3,(H2,14,17);2-5H,1H3,(H2,14,16);3-5H,1-2H3,(H2,13,16);2-5H,1H3,(H2,15,18);2-4H,1H3,(H2,13,16);2-4H,1H3,(H2,12,14)(H2,13,16);2-4H,1H3,(H2,12,15)(H,13,16);2-4H,1H3,(H2,11,14);1H4. The Labute approximate surface area is 878 Å². The molecule has 736 valence electrons. The van der Waals surface area contributed by atoms with Crippen molar-refractivity contribution in [1.82, 2.24) is 120 Å². The van der Waals surface area contributed by atoms with E-state index < -0.39 is 17.7 Å². The molecule has 0 aliphatic rings. The highest BCUT2D eigenvalue weighted by Crippen LogP contribution is 2.45. The Morgan fingerprint density at radius 1 is 0.362 bits per heavy atom. The molecular weight excluding hydrogens is 2150 g/mol. The van der Waals surface area contributed by atoms with E-state index in [2.05, 4.69) is 120 Å². The number of hydrogen-bond acceptors (Lipinski definition) is 43. The first-order valence-corrected chi connectivity index (χ1v) is 48.7. The van der Waals surface area contributed by atoms with Gasteiger partial charge in [0.15, 0.2) is 51.7 Å². The second-order valence-corrected chi connectivity index (χ2v) is 38.8. The zero-order chi connectivity index (χ0) is 102. The highest BCUT2D eigenvalue weighted by molar-refractivity contribution is 8.01. The molecular formula is C85H82Cl8F4N34O2S8. The van der Waals surface area contributed by atoms with Crippen LogP contribution in [0.15, 0.2) is 244 Å². The van der Waals surface area contributed by atoms with Gasteiger partial charge >= 0.3 is 6.18 Å². The van der Waals surface area contributed by atoms with Crippen molar-refractivity contribution in [2.45, 2.75) is 148 Å². The number of nitrogens with zero attached hydrogens (tertiary/aromatic N) is 24. The summed E-state index contributed by atoms with van der Waals surface area (Å²) in [5, 5.41) is 15.1. The van der Waals surface area contributed by atoms with E-state index in [-0.39, 0.29) is 33.7 Å². The monoisotopic (exact) mass is 2220 g/mol. The molecule has 36 nitrogen and oxygen atoms in total. The lowest BCUT2D eigenvalue weighted by Gasteiger charge is -2.14. The van der Waals surface area contributed by atoms with Gasteiger partial charge in [-0.1, -0.05) is 200 Å². The van der Waals surface area contributed by atoms with Crippen LogP contribution < -0.4 is 66.8 Å². The maximum Gasteiger partial charge on any atom is 0.418 e. The molecule has 0 bridgehead atoms. The predicted molar refractivity (Wildman–Crippen MR) is 556 cm³/mol. The molecule has 0 radical (unpaired) electrons. The average molecular weight is 2230 g/mol. The quantitative estimate of drug-likeness (QED) is 0.0282. The van der Waals surface area contributed by atoms with Crippen LogP contribution in [-0.2, 0) is 6.18 Å². The third-order valence-electron chi connectivity index (χ3n) is 16.1. The predicted octanol–water partition coefficient (Wildman–Crippen LogP) is 21.3. The molecule has 1 aromatic carbocycles. The molecule has 15 aromatic heterocycles. The summed E-state index contributed by atoms with van der Waals surface area (Å²) in [7, 11) is 5.30. The maximum absolute atomic E-state index is 13.0. The number of halogens is 12. The van der Waals surface area contributed by atoms with Crippen LogP contribution in [0.4, 0.5) is 75.7 Å². The highest BCUT2D eigenvalue weighted by atomic mass is 35.5. The summed E-state index contributed by atoms with van der Waals surface area (Å²) < 4.78 is 56.4. The molecule has 0 aliphatic carbocycles. The second kappa shape index (κ2) is 55.1. The molecule has 19 N–H and O–H groups in total. The van der Waals surface area contributed by atoms with E-state index in [0.29, 0.717) is 144 Å². The molecule has 0 saturated heterocycles. The summed E-state index contributed by atoms with van der Waals surface area (Å²) in [6.07, 6.45) is 19.7. The van der Waals surface area contributed by atoms with E-state index in [0.717, 1.165) is 94.1 Å². The molecule has 0 saturated carbocycles. The number of rotatable bonds is 18. The maximum atomic E-state index is 13.0. The van der Waals surface area contributed by atoms with Gasteiger partial charge in [0.2, 0.25) is 11.8 Å². The van der Waals surface area contributed by atoms with Crippen molar-refractivity contribution in [1.29, 1.82) is 0 Å². The molecule has 16 aromatic rings. The Morgan fingerprint density at radius 2 is 0.702 bits per heavy atom. The number of anilines is 10. The fraction of sp³-hybridized carbons (Fsp3) is 0.153. The van der Waals surface area contributed by atoms with Crippen molar-refractivity contribution in [3.8, 4) is 5.88 Å². The van der Waals surface area contributed by atoms with E-state index >= 15 is 0 Å². The van der Waals surface area contributed by atoms with Crippen molar-refractivity contribution >= 4 is 245 Å². The second-order valence-electron chi connectivity index (χ2n) is 27.5. The van der Waals surface area contributed by atoms with Gasteiger partial charge in [0.25, 0.3) is 5.56 Å². The molecule has 56 heteroatoms. The normalized spacial score (nSPS) is 10.5. The van der Waals surface area contributed by atoms with Crippen LogP contribution in [0.1, 0.15) is 58.5 Å². The lowest BCUT2D eigenvalue weighted by Crippen LogP contribution is -2.11. The molecule has 16 rings (SSSR count). The van der Waals surface area contributed by atoms with Gasteiger partial charge in [-0.2, -0.15) is 22.7 Å². The lowest BCUT2D eigenvalue weighted by molar-refractivity contribution is -0.140. The largest absolute Gasteiger partial charge is 0.480 e. The van der Waals surface area contributed by atoms with Crippen LogP contribution in [-0.4, -0.2) is 141 Å². The Hall–Kier alpha value is -11.7. The summed E-state index contributed by atoms with van der Waals surface area (Å²) >= 11 is 58.0. The first-order chi connectivity index (χ1) is 66.4. The summed E-state index contributed by atoms with van der Waals surface area (Å²) in [5.74, 6) is 3.56. The van der Waals surface area contributed by atoms with Gasteiger partial charge in [-0.15, -0.1) is 5.10 Å². The van der Waals surface area contributed by atoms with E-state index in [1.54, 1.807) is 113 Å². The van der Waals surface area contributed by atoms with Crippen LogP contribution >= 0.6 is 187 Å². The number of nitrogen functional groups attached to an aromatic ring is 9. The fourth-order valence-electron chi connectivity index (χ4n) is 9.91. The van der Waals surface area contributed by atoms with Crippen LogP contribution in [0, 0.1) is 61.3 Å². The minimum absolute atomic E-state index is 0. The van der Waals surface area contributed by atoms with Gasteiger partial charge in [-0.05, 0) is 104 Å². The Morgan fingerprint density at radius 3 is 1.09 bits per heavy atom. The van der Waals surface area contributed by atoms with Gasteiger partial charge in [-0.25, -0.2) is 99.7 Å². The molecule has 0 aliphatic heterocycles. The number of methoxy groups -OCH3 is 1. The third-order valence-corrected chi connectivity index (χ3v) is 28.3. The molecule has 15 heterocycles. The van der Waals surface area contributed by atoms with Crippen molar-refractivity contribution < 1.29 is 22.3 Å². The lowest BCUT2D eigenvalue weighted by atomic mass is 10.3. The number of benzene rings is 1. The zero-order valence-electron chi connectivity index (χ0n) is 74.6. The van der Waals surface area contributed by atoms with E-state index in [1.165, 1.54) is 121 Å². The number of nitrogens with one attached hydrogen (secondary N) is 1.